The van der Waals surface area contributed by atoms with Gasteiger partial charge in [0.15, 0.2) is 0 Å². The summed E-state index contributed by atoms with van der Waals surface area (Å²) in [6, 6.07) is 0.866. The van der Waals surface area contributed by atoms with Gasteiger partial charge < -0.3 is 4.90 Å². The Bertz CT molecular complexity index is 43.9. The van der Waals surface area contributed by atoms with Crippen LogP contribution in [0.15, 0.2) is 0 Å². The first-order chi connectivity index (χ1) is 2.80. The Morgan fingerprint density at radius 2 is 2.17 bits per heavy atom. The van der Waals surface area contributed by atoms with Crippen molar-refractivity contribution in [3.05, 3.63) is 0 Å². The van der Waals surface area contributed by atoms with Gasteiger partial charge in [-0.25, -0.2) is 0 Å². The van der Waals surface area contributed by atoms with Crippen molar-refractivity contribution >= 4 is 0 Å². The van der Waals surface area contributed by atoms with E-state index in [1.807, 2.05) is 0 Å². The second kappa shape index (κ2) is 1.23. The normalized spacial score (nSPS) is 36.0. The molecule has 1 fully saturated rings. The minimum Gasteiger partial charge on any atom is -0.304 e. The first-order valence-corrected chi connectivity index (χ1v) is 2.51. The van der Waals surface area contributed by atoms with E-state index in [1.54, 1.807) is 0 Å². The topological polar surface area (TPSA) is 3.24 Å². The highest BCUT2D eigenvalue weighted by molar-refractivity contribution is 4.73. The van der Waals surface area contributed by atoms with E-state index in [1.165, 1.54) is 13.0 Å². The van der Waals surface area contributed by atoms with E-state index in [4.69, 9.17) is 0 Å². The molecule has 1 unspecified atom stereocenters. The van der Waals surface area contributed by atoms with Crippen LogP contribution in [0.3, 0.4) is 0 Å². The van der Waals surface area contributed by atoms with Gasteiger partial charge in [0, 0.05) is 6.04 Å². The van der Waals surface area contributed by atoms with E-state index in [0.717, 1.165) is 6.04 Å². The van der Waals surface area contributed by atoms with Crippen LogP contribution in [0.4, 0.5) is 0 Å². The third-order valence-electron chi connectivity index (χ3n) is 1.65. The molecule has 0 N–H and O–H groups in total. The monoisotopic (exact) mass is 85.1 g/mol. The predicted octanol–water partition coefficient (Wildman–Crippen LogP) is 0.710. The lowest BCUT2D eigenvalue weighted by atomic mass is 10.1. The van der Waals surface area contributed by atoms with Crippen LogP contribution in [-0.4, -0.2) is 24.5 Å². The van der Waals surface area contributed by atoms with Gasteiger partial charge in [0.2, 0.25) is 0 Å². The summed E-state index contributed by atoms with van der Waals surface area (Å²) >= 11 is 0. The van der Waals surface area contributed by atoms with Gasteiger partial charge in [-0.2, -0.15) is 0 Å². The van der Waals surface area contributed by atoms with E-state index >= 15 is 0 Å². The van der Waals surface area contributed by atoms with Gasteiger partial charge in [0.25, 0.3) is 0 Å². The van der Waals surface area contributed by atoms with Gasteiger partial charge in [-0.1, -0.05) is 0 Å². The van der Waals surface area contributed by atoms with Crippen LogP contribution in [0.25, 0.3) is 0 Å². The molecule has 1 saturated heterocycles. The molecule has 1 aliphatic heterocycles. The molecule has 0 spiro atoms. The summed E-state index contributed by atoms with van der Waals surface area (Å²) in [5.74, 6) is 0. The summed E-state index contributed by atoms with van der Waals surface area (Å²) < 4.78 is 0. The number of hydrogen-bond donors (Lipinski definition) is 0. The highest BCUT2D eigenvalue weighted by Crippen LogP contribution is 2.11. The zero-order valence-corrected chi connectivity index (χ0v) is 4.44. The Balaban J connectivity index is 2.20. The van der Waals surface area contributed by atoms with Crippen molar-refractivity contribution in [1.29, 1.82) is 0 Å². The molecule has 0 aliphatic carbocycles. The van der Waals surface area contributed by atoms with Crippen molar-refractivity contribution in [2.45, 2.75) is 19.4 Å². The molecule has 1 nitrogen and oxygen atoms in total. The highest BCUT2D eigenvalue weighted by atomic mass is 15.2. The zero-order chi connectivity index (χ0) is 4.57. The lowest BCUT2D eigenvalue weighted by Crippen LogP contribution is -2.41. The Morgan fingerprint density at radius 3 is 2.17 bits per heavy atom. The molecule has 6 heavy (non-hydrogen) atoms. The lowest BCUT2D eigenvalue weighted by Gasteiger charge is -2.34. The lowest BCUT2D eigenvalue weighted by molar-refractivity contribution is 0.143. The highest BCUT2D eigenvalue weighted by Gasteiger charge is 2.17. The maximum atomic E-state index is 2.35. The Hall–Kier alpha value is -0.0400. The van der Waals surface area contributed by atoms with Crippen molar-refractivity contribution in [1.82, 2.24) is 4.90 Å². The van der Waals surface area contributed by atoms with Crippen LogP contribution in [0, 0.1) is 0 Å². The first-order valence-electron chi connectivity index (χ1n) is 2.51. The fourth-order valence-corrected chi connectivity index (χ4v) is 0.645. The summed E-state index contributed by atoms with van der Waals surface area (Å²) in [6.07, 6.45) is 1.40. The van der Waals surface area contributed by atoms with E-state index in [0.29, 0.717) is 0 Å². The minimum atomic E-state index is 0.866. The fourth-order valence-electron chi connectivity index (χ4n) is 0.645. The SMILES string of the molecule is CC1CCN1C. The largest absolute Gasteiger partial charge is 0.304 e. The van der Waals surface area contributed by atoms with E-state index in [9.17, 15) is 0 Å². The van der Waals surface area contributed by atoms with Crippen molar-refractivity contribution < 1.29 is 0 Å². The van der Waals surface area contributed by atoms with Crippen LogP contribution in [0.1, 0.15) is 13.3 Å². The number of likely N-dealkylation sites (tertiary alicyclic amines) is 1. The molecular weight excluding hydrogens is 74.1 g/mol. The molecule has 0 bridgehead atoms. The molecule has 36 valence electrons. The van der Waals surface area contributed by atoms with Crippen LogP contribution in [0.2, 0.25) is 0 Å². The van der Waals surface area contributed by atoms with Gasteiger partial charge in [0.05, 0.1) is 0 Å². The third kappa shape index (κ3) is 0.432. The van der Waals surface area contributed by atoms with E-state index < -0.39 is 0 Å². The molecule has 0 aromatic rings. The predicted molar refractivity (Wildman–Crippen MR) is 26.7 cm³/mol. The number of hydrogen-bond acceptors (Lipinski definition) is 1. The summed E-state index contributed by atoms with van der Waals surface area (Å²) in [6.45, 7) is 3.56. The molecule has 1 rings (SSSR count). The van der Waals surface area contributed by atoms with Crippen molar-refractivity contribution in [3.8, 4) is 0 Å². The molecule has 1 heterocycles. The molecule has 1 aliphatic rings. The van der Waals surface area contributed by atoms with Crippen LogP contribution < -0.4 is 0 Å². The average Bonchev–Trinajstić information content (AvgIpc) is 1.61. The fraction of sp³-hybridized carbons (Fsp3) is 1.00. The van der Waals surface area contributed by atoms with Gasteiger partial charge in [-0.05, 0) is 26.9 Å². The maximum absolute atomic E-state index is 2.35. The second-order valence-corrected chi connectivity index (χ2v) is 2.12. The summed E-state index contributed by atoms with van der Waals surface area (Å²) in [5.41, 5.74) is 0. The van der Waals surface area contributed by atoms with Gasteiger partial charge in [0.1, 0.15) is 0 Å². The standard InChI is InChI=1S/C5H11N/c1-5-3-4-6(5)2/h5H,3-4H2,1-2H3. The quantitative estimate of drug-likeness (QED) is 0.418. The molecule has 0 aromatic carbocycles. The molecule has 1 heteroatoms. The van der Waals surface area contributed by atoms with Gasteiger partial charge in [-0.3, -0.25) is 0 Å². The molecular formula is C5H11N. The third-order valence-corrected chi connectivity index (χ3v) is 1.65. The smallest absolute Gasteiger partial charge is 0.00760 e. The molecule has 0 radical (unpaired) electrons. The van der Waals surface area contributed by atoms with E-state index in [2.05, 4.69) is 18.9 Å². The van der Waals surface area contributed by atoms with Crippen LogP contribution in [-0.2, 0) is 0 Å². The Kier molecular flexibility index (Phi) is 0.845. The molecule has 0 aromatic heterocycles. The molecule has 0 amide bonds. The molecule has 1 atom stereocenters. The van der Waals surface area contributed by atoms with Crippen molar-refractivity contribution in [3.63, 3.8) is 0 Å². The van der Waals surface area contributed by atoms with Crippen molar-refractivity contribution in [2.24, 2.45) is 0 Å². The molecule has 0 saturated carbocycles. The average molecular weight is 85.1 g/mol. The van der Waals surface area contributed by atoms with Crippen LogP contribution >= 0.6 is 0 Å². The minimum absolute atomic E-state index is 0.866. The zero-order valence-electron chi connectivity index (χ0n) is 4.44. The van der Waals surface area contributed by atoms with Gasteiger partial charge in [-0.15, -0.1) is 0 Å². The summed E-state index contributed by atoms with van der Waals surface area (Å²) in [5, 5.41) is 0. The summed E-state index contributed by atoms with van der Waals surface area (Å²) in [7, 11) is 2.16. The Labute approximate surface area is 39.0 Å². The first kappa shape index (κ1) is 4.13. The Morgan fingerprint density at radius 1 is 1.67 bits per heavy atom. The second-order valence-electron chi connectivity index (χ2n) is 2.12. The van der Waals surface area contributed by atoms with Crippen molar-refractivity contribution in [2.75, 3.05) is 13.6 Å². The van der Waals surface area contributed by atoms with Crippen LogP contribution in [0.5, 0.6) is 0 Å². The maximum Gasteiger partial charge on any atom is 0.00760 e. The number of nitrogens with zero attached hydrogens (tertiary/aromatic N) is 1. The van der Waals surface area contributed by atoms with Gasteiger partial charge >= 0.3 is 0 Å². The number of rotatable bonds is 0. The van der Waals surface area contributed by atoms with E-state index in [-0.39, 0.29) is 0 Å². The summed E-state index contributed by atoms with van der Waals surface area (Å²) in [4.78, 5) is 2.35.